The summed E-state index contributed by atoms with van der Waals surface area (Å²) < 4.78 is 0. The third kappa shape index (κ3) is 2.26. The van der Waals surface area contributed by atoms with Crippen molar-refractivity contribution in [3.63, 3.8) is 0 Å². The van der Waals surface area contributed by atoms with Crippen LogP contribution in [0.2, 0.25) is 0 Å². The fraction of sp³-hybridized carbons (Fsp3) is 0.438. The molecule has 4 heteroatoms. The van der Waals surface area contributed by atoms with Crippen LogP contribution in [-0.4, -0.2) is 21.5 Å². The monoisotopic (exact) mass is 268 g/mol. The molecule has 0 aliphatic heterocycles. The van der Waals surface area contributed by atoms with Gasteiger partial charge < -0.3 is 5.32 Å². The molecule has 20 heavy (non-hydrogen) atoms. The Balaban J connectivity index is 2.12. The third-order valence-electron chi connectivity index (χ3n) is 3.76. The average molecular weight is 268 g/mol. The summed E-state index contributed by atoms with van der Waals surface area (Å²) in [5, 5.41) is 3.38. The van der Waals surface area contributed by atoms with E-state index in [4.69, 9.17) is 9.97 Å². The highest BCUT2D eigenvalue weighted by Crippen LogP contribution is 2.29. The van der Waals surface area contributed by atoms with Crippen molar-refractivity contribution in [2.24, 2.45) is 0 Å². The van der Waals surface area contributed by atoms with E-state index in [-0.39, 0.29) is 0 Å². The first-order valence-corrected chi connectivity index (χ1v) is 7.41. The molecule has 0 radical (unpaired) electrons. The van der Waals surface area contributed by atoms with E-state index in [2.05, 4.69) is 30.2 Å². The standard InChI is InChI=1S/C16H20N4/c1-3-11-7-6-10-18-14(11)16-19-13-9-5-8-12(13)15(20-16)17-4-2/h6-7,10H,3-5,8-9H2,1-2H3,(H,17,19,20). The molecule has 2 aromatic rings. The Morgan fingerprint density at radius 2 is 2.10 bits per heavy atom. The fourth-order valence-corrected chi connectivity index (χ4v) is 2.78. The van der Waals surface area contributed by atoms with Crippen LogP contribution in [0, 0.1) is 0 Å². The van der Waals surface area contributed by atoms with Crippen LogP contribution in [0.3, 0.4) is 0 Å². The van der Waals surface area contributed by atoms with Gasteiger partial charge in [0.1, 0.15) is 11.5 Å². The largest absolute Gasteiger partial charge is 0.370 e. The predicted octanol–water partition coefficient (Wildman–Crippen LogP) is 3.02. The lowest BCUT2D eigenvalue weighted by Gasteiger charge is -2.12. The normalized spacial score (nSPS) is 13.3. The summed E-state index contributed by atoms with van der Waals surface area (Å²) in [5.41, 5.74) is 4.61. The summed E-state index contributed by atoms with van der Waals surface area (Å²) >= 11 is 0. The molecule has 0 unspecified atom stereocenters. The van der Waals surface area contributed by atoms with Gasteiger partial charge in [0, 0.05) is 24.0 Å². The summed E-state index contributed by atoms with van der Waals surface area (Å²) in [5.74, 6) is 1.76. The van der Waals surface area contributed by atoms with Crippen molar-refractivity contribution >= 4 is 5.82 Å². The molecule has 1 aliphatic rings. The Morgan fingerprint density at radius 1 is 1.20 bits per heavy atom. The summed E-state index contributed by atoms with van der Waals surface area (Å²) in [6.45, 7) is 5.12. The molecule has 0 saturated heterocycles. The molecule has 0 amide bonds. The lowest BCUT2D eigenvalue weighted by atomic mass is 10.1. The number of aromatic nitrogens is 3. The first-order chi connectivity index (χ1) is 9.83. The van der Waals surface area contributed by atoms with Crippen LogP contribution in [0.5, 0.6) is 0 Å². The van der Waals surface area contributed by atoms with E-state index >= 15 is 0 Å². The second kappa shape index (κ2) is 5.57. The van der Waals surface area contributed by atoms with Crippen LogP contribution in [-0.2, 0) is 19.3 Å². The van der Waals surface area contributed by atoms with Crippen molar-refractivity contribution in [3.05, 3.63) is 35.2 Å². The van der Waals surface area contributed by atoms with E-state index in [1.807, 2.05) is 12.3 Å². The van der Waals surface area contributed by atoms with E-state index in [1.54, 1.807) is 0 Å². The van der Waals surface area contributed by atoms with Crippen LogP contribution in [0.1, 0.15) is 37.1 Å². The Morgan fingerprint density at radius 3 is 2.90 bits per heavy atom. The number of anilines is 1. The van der Waals surface area contributed by atoms with Crippen LogP contribution in [0.15, 0.2) is 18.3 Å². The van der Waals surface area contributed by atoms with Gasteiger partial charge >= 0.3 is 0 Å². The van der Waals surface area contributed by atoms with Gasteiger partial charge in [0.2, 0.25) is 0 Å². The molecule has 1 aliphatic carbocycles. The van der Waals surface area contributed by atoms with E-state index in [0.29, 0.717) is 0 Å². The molecule has 2 heterocycles. The molecule has 0 spiro atoms. The number of aryl methyl sites for hydroxylation is 2. The number of pyridine rings is 1. The molecule has 0 aromatic carbocycles. The van der Waals surface area contributed by atoms with Gasteiger partial charge in [-0.25, -0.2) is 9.97 Å². The number of nitrogens with zero attached hydrogens (tertiary/aromatic N) is 3. The highest BCUT2D eigenvalue weighted by Gasteiger charge is 2.20. The zero-order valence-corrected chi connectivity index (χ0v) is 12.1. The predicted molar refractivity (Wildman–Crippen MR) is 80.8 cm³/mol. The summed E-state index contributed by atoms with van der Waals surface area (Å²) in [6, 6.07) is 4.08. The van der Waals surface area contributed by atoms with E-state index in [9.17, 15) is 0 Å². The van der Waals surface area contributed by atoms with Crippen molar-refractivity contribution in [2.45, 2.75) is 39.5 Å². The lowest BCUT2D eigenvalue weighted by Crippen LogP contribution is -2.07. The second-order valence-electron chi connectivity index (χ2n) is 5.07. The topological polar surface area (TPSA) is 50.7 Å². The molecular formula is C16H20N4. The van der Waals surface area contributed by atoms with Crippen LogP contribution in [0.25, 0.3) is 11.5 Å². The lowest BCUT2D eigenvalue weighted by molar-refractivity contribution is 0.899. The van der Waals surface area contributed by atoms with E-state index in [1.165, 1.54) is 23.2 Å². The molecule has 0 atom stereocenters. The Kier molecular flexibility index (Phi) is 3.63. The molecule has 4 nitrogen and oxygen atoms in total. The number of rotatable bonds is 4. The number of nitrogens with one attached hydrogen (secondary N) is 1. The smallest absolute Gasteiger partial charge is 0.180 e. The molecular weight excluding hydrogens is 248 g/mol. The van der Waals surface area contributed by atoms with Gasteiger partial charge in [0.15, 0.2) is 5.82 Å². The van der Waals surface area contributed by atoms with Crippen molar-refractivity contribution in [3.8, 4) is 11.5 Å². The number of fused-ring (bicyclic) bond motifs is 1. The summed E-state index contributed by atoms with van der Waals surface area (Å²) in [6.07, 6.45) is 6.07. The highest BCUT2D eigenvalue weighted by atomic mass is 15.0. The van der Waals surface area contributed by atoms with Crippen molar-refractivity contribution < 1.29 is 0 Å². The first kappa shape index (κ1) is 13.0. The van der Waals surface area contributed by atoms with Crippen molar-refractivity contribution in [2.75, 3.05) is 11.9 Å². The highest BCUT2D eigenvalue weighted by molar-refractivity contribution is 5.60. The van der Waals surface area contributed by atoms with Gasteiger partial charge in [-0.1, -0.05) is 13.0 Å². The first-order valence-electron chi connectivity index (χ1n) is 7.41. The van der Waals surface area contributed by atoms with Crippen LogP contribution < -0.4 is 5.32 Å². The second-order valence-corrected chi connectivity index (χ2v) is 5.07. The number of hydrogen-bond donors (Lipinski definition) is 1. The SMILES string of the molecule is CCNc1nc(-c2ncccc2CC)nc2c1CCC2. The third-order valence-corrected chi connectivity index (χ3v) is 3.76. The molecule has 3 rings (SSSR count). The van der Waals surface area contributed by atoms with E-state index in [0.717, 1.165) is 43.1 Å². The zero-order chi connectivity index (χ0) is 13.9. The van der Waals surface area contributed by atoms with E-state index < -0.39 is 0 Å². The van der Waals surface area contributed by atoms with Crippen molar-refractivity contribution in [1.82, 2.24) is 15.0 Å². The summed E-state index contributed by atoms with van der Waals surface area (Å²) in [7, 11) is 0. The van der Waals surface area contributed by atoms with Gasteiger partial charge in [0.25, 0.3) is 0 Å². The molecule has 104 valence electrons. The van der Waals surface area contributed by atoms with Crippen LogP contribution in [0.4, 0.5) is 5.82 Å². The molecule has 1 N–H and O–H groups in total. The van der Waals surface area contributed by atoms with Crippen LogP contribution >= 0.6 is 0 Å². The fourth-order valence-electron chi connectivity index (χ4n) is 2.78. The minimum absolute atomic E-state index is 0.763. The Hall–Kier alpha value is -1.97. The zero-order valence-electron chi connectivity index (χ0n) is 12.1. The molecule has 2 aromatic heterocycles. The summed E-state index contributed by atoms with van der Waals surface area (Å²) in [4.78, 5) is 14.0. The maximum absolute atomic E-state index is 4.76. The maximum atomic E-state index is 4.76. The van der Waals surface area contributed by atoms with Gasteiger partial charge in [-0.15, -0.1) is 0 Å². The minimum Gasteiger partial charge on any atom is -0.370 e. The average Bonchev–Trinajstić information content (AvgIpc) is 2.96. The van der Waals surface area contributed by atoms with Gasteiger partial charge in [-0.05, 0) is 44.2 Å². The van der Waals surface area contributed by atoms with Gasteiger partial charge in [-0.2, -0.15) is 0 Å². The number of hydrogen-bond acceptors (Lipinski definition) is 4. The van der Waals surface area contributed by atoms with Gasteiger partial charge in [-0.3, -0.25) is 4.98 Å². The molecule has 0 bridgehead atoms. The maximum Gasteiger partial charge on any atom is 0.180 e. The Labute approximate surface area is 119 Å². The Bertz CT molecular complexity index is 622. The molecule has 0 saturated carbocycles. The quantitative estimate of drug-likeness (QED) is 0.926. The molecule has 0 fully saturated rings. The minimum atomic E-state index is 0.763. The van der Waals surface area contributed by atoms with Gasteiger partial charge in [0.05, 0.1) is 0 Å². The van der Waals surface area contributed by atoms with Crippen molar-refractivity contribution in [1.29, 1.82) is 0 Å².